The van der Waals surface area contributed by atoms with Gasteiger partial charge < -0.3 is 0 Å². The molecule has 0 saturated heterocycles. The molecular weight excluding hydrogens is 260 g/mol. The Morgan fingerprint density at radius 2 is 1.43 bits per heavy atom. The van der Waals surface area contributed by atoms with E-state index in [1.165, 1.54) is 4.57 Å². The van der Waals surface area contributed by atoms with Crippen LogP contribution in [0, 0.1) is 11.3 Å². The lowest BCUT2D eigenvalue weighted by Crippen LogP contribution is -2.20. The van der Waals surface area contributed by atoms with E-state index in [-0.39, 0.29) is 5.56 Å². The van der Waals surface area contributed by atoms with Gasteiger partial charge in [0.1, 0.15) is 11.8 Å². The molecule has 3 nitrogen and oxygen atoms in total. The third-order valence-corrected chi connectivity index (χ3v) is 3.27. The third kappa shape index (κ3) is 2.47. The van der Waals surface area contributed by atoms with Crippen LogP contribution in [0.25, 0.3) is 16.8 Å². The van der Waals surface area contributed by atoms with Crippen molar-refractivity contribution in [2.24, 2.45) is 0 Å². The van der Waals surface area contributed by atoms with E-state index in [4.69, 9.17) is 0 Å². The number of hydrogen-bond acceptors (Lipinski definition) is 2. The maximum absolute atomic E-state index is 12.4. The maximum atomic E-state index is 12.4. The number of hydrogen-bond donors (Lipinski definition) is 0. The summed E-state index contributed by atoms with van der Waals surface area (Å²) < 4.78 is 1.42. The smallest absolute Gasteiger partial charge is 0.256 e. The van der Waals surface area contributed by atoms with Crippen molar-refractivity contribution < 1.29 is 0 Å². The fourth-order valence-electron chi connectivity index (χ4n) is 2.29. The quantitative estimate of drug-likeness (QED) is 0.718. The lowest BCUT2D eigenvalue weighted by Gasteiger charge is -2.10. The average Bonchev–Trinajstić information content (AvgIpc) is 2.55. The van der Waals surface area contributed by atoms with Gasteiger partial charge in [0.25, 0.3) is 5.56 Å². The molecule has 3 aromatic rings. The molecule has 0 aliphatic rings. The first-order valence-electron chi connectivity index (χ1n) is 6.57. The van der Waals surface area contributed by atoms with Crippen LogP contribution in [-0.2, 0) is 0 Å². The molecule has 0 aliphatic carbocycles. The van der Waals surface area contributed by atoms with Crippen LogP contribution in [0.4, 0.5) is 0 Å². The van der Waals surface area contributed by atoms with E-state index in [0.717, 1.165) is 11.1 Å². The second kappa shape index (κ2) is 5.48. The summed E-state index contributed by atoms with van der Waals surface area (Å²) in [5.41, 5.74) is 2.49. The molecule has 1 heterocycles. The number of aromatic nitrogens is 1. The van der Waals surface area contributed by atoms with Crippen LogP contribution >= 0.6 is 0 Å². The summed E-state index contributed by atoms with van der Waals surface area (Å²) in [6.45, 7) is 0. The molecule has 2 aromatic carbocycles. The molecule has 3 rings (SSSR count). The van der Waals surface area contributed by atoms with Gasteiger partial charge in [0.15, 0.2) is 0 Å². The summed E-state index contributed by atoms with van der Waals surface area (Å²) in [5.74, 6) is 0. The van der Waals surface area contributed by atoms with Gasteiger partial charge in [0.05, 0.1) is 0 Å². The van der Waals surface area contributed by atoms with Crippen molar-refractivity contribution in [1.29, 1.82) is 5.26 Å². The molecule has 1 aromatic heterocycles. The molecule has 0 aliphatic heterocycles. The highest BCUT2D eigenvalue weighted by Gasteiger charge is 2.09. The summed E-state index contributed by atoms with van der Waals surface area (Å²) in [6, 6.07) is 24.2. The largest absolute Gasteiger partial charge is 0.269 e. The number of benzene rings is 2. The Balaban J connectivity index is 2.22. The lowest BCUT2D eigenvalue weighted by molar-refractivity contribution is 0.967. The van der Waals surface area contributed by atoms with E-state index < -0.39 is 0 Å². The van der Waals surface area contributed by atoms with Crippen molar-refractivity contribution in [3.8, 4) is 22.9 Å². The van der Waals surface area contributed by atoms with Gasteiger partial charge in [0.2, 0.25) is 0 Å². The second-order valence-corrected chi connectivity index (χ2v) is 4.62. The number of para-hydroxylation sites is 1. The molecule has 0 fully saturated rings. The van der Waals surface area contributed by atoms with Gasteiger partial charge in [-0.2, -0.15) is 5.26 Å². The maximum Gasteiger partial charge on any atom is 0.256 e. The zero-order chi connectivity index (χ0) is 14.7. The van der Waals surface area contributed by atoms with Gasteiger partial charge in [-0.05, 0) is 29.3 Å². The van der Waals surface area contributed by atoms with Crippen molar-refractivity contribution in [3.63, 3.8) is 0 Å². The first-order valence-corrected chi connectivity index (χ1v) is 6.57. The van der Waals surface area contributed by atoms with E-state index in [1.54, 1.807) is 12.1 Å². The van der Waals surface area contributed by atoms with Crippen LogP contribution in [0.15, 0.2) is 77.6 Å². The fraction of sp³-hybridized carbons (Fsp3) is 0. The summed E-state index contributed by atoms with van der Waals surface area (Å²) in [7, 11) is 0. The predicted octanol–water partition coefficient (Wildman–Crippen LogP) is 3.38. The van der Waals surface area contributed by atoms with Gasteiger partial charge in [-0.3, -0.25) is 9.36 Å². The van der Waals surface area contributed by atoms with Crippen LogP contribution in [0.5, 0.6) is 0 Å². The highest BCUT2D eigenvalue weighted by atomic mass is 16.1. The molecule has 0 amide bonds. The standard InChI is InChI=1S/C18H12N2O/c19-13-17-11-15(14-7-3-1-4-8-14)12-18(21)20(17)16-9-5-2-6-10-16/h1-12H. The minimum Gasteiger partial charge on any atom is -0.269 e. The van der Waals surface area contributed by atoms with Gasteiger partial charge in [0, 0.05) is 11.8 Å². The first kappa shape index (κ1) is 12.9. The van der Waals surface area contributed by atoms with Crippen LogP contribution in [0.2, 0.25) is 0 Å². The first-order chi connectivity index (χ1) is 10.3. The Kier molecular flexibility index (Phi) is 3.36. The normalized spacial score (nSPS) is 10.0. The molecule has 21 heavy (non-hydrogen) atoms. The summed E-state index contributed by atoms with van der Waals surface area (Å²) >= 11 is 0. The fourth-order valence-corrected chi connectivity index (χ4v) is 2.29. The highest BCUT2D eigenvalue weighted by Crippen LogP contribution is 2.19. The highest BCUT2D eigenvalue weighted by molar-refractivity contribution is 5.64. The number of nitriles is 1. The summed E-state index contributed by atoms with van der Waals surface area (Å²) in [5, 5.41) is 9.37. The minimum atomic E-state index is -0.209. The van der Waals surface area contributed by atoms with Crippen LogP contribution in [0.1, 0.15) is 5.69 Å². The number of pyridine rings is 1. The van der Waals surface area contributed by atoms with Crippen LogP contribution in [0.3, 0.4) is 0 Å². The molecule has 0 atom stereocenters. The zero-order valence-electron chi connectivity index (χ0n) is 11.2. The Hall–Kier alpha value is -3.12. The number of nitrogens with zero attached hydrogens (tertiary/aromatic N) is 2. The van der Waals surface area contributed by atoms with E-state index >= 15 is 0 Å². The van der Waals surface area contributed by atoms with Crippen molar-refractivity contribution in [2.45, 2.75) is 0 Å². The molecule has 0 radical (unpaired) electrons. The van der Waals surface area contributed by atoms with E-state index in [2.05, 4.69) is 6.07 Å². The van der Waals surface area contributed by atoms with E-state index in [1.807, 2.05) is 60.7 Å². The van der Waals surface area contributed by atoms with Gasteiger partial charge in [-0.25, -0.2) is 0 Å². The van der Waals surface area contributed by atoms with E-state index in [0.29, 0.717) is 11.4 Å². The van der Waals surface area contributed by atoms with Crippen molar-refractivity contribution in [3.05, 3.63) is 88.8 Å². The SMILES string of the molecule is N#Cc1cc(-c2ccccc2)cc(=O)n1-c1ccccc1. The van der Waals surface area contributed by atoms with Crippen LogP contribution < -0.4 is 5.56 Å². The molecule has 0 spiro atoms. The van der Waals surface area contributed by atoms with Crippen molar-refractivity contribution in [1.82, 2.24) is 4.57 Å². The molecule has 0 N–H and O–H groups in total. The minimum absolute atomic E-state index is 0.209. The third-order valence-electron chi connectivity index (χ3n) is 3.27. The molecule has 100 valence electrons. The van der Waals surface area contributed by atoms with Gasteiger partial charge >= 0.3 is 0 Å². The molecule has 3 heteroatoms. The zero-order valence-corrected chi connectivity index (χ0v) is 11.2. The lowest BCUT2D eigenvalue weighted by atomic mass is 10.1. The average molecular weight is 272 g/mol. The van der Waals surface area contributed by atoms with E-state index in [9.17, 15) is 10.1 Å². The Morgan fingerprint density at radius 1 is 0.810 bits per heavy atom. The van der Waals surface area contributed by atoms with Crippen molar-refractivity contribution in [2.75, 3.05) is 0 Å². The Bertz CT molecular complexity index is 859. The summed E-state index contributed by atoms with van der Waals surface area (Å²) in [6.07, 6.45) is 0. The Labute approximate surface area is 122 Å². The van der Waals surface area contributed by atoms with Gasteiger partial charge in [-0.1, -0.05) is 48.5 Å². The predicted molar refractivity (Wildman–Crippen MR) is 82.2 cm³/mol. The molecule has 0 bridgehead atoms. The van der Waals surface area contributed by atoms with Gasteiger partial charge in [-0.15, -0.1) is 0 Å². The molecule has 0 saturated carbocycles. The second-order valence-electron chi connectivity index (χ2n) is 4.62. The van der Waals surface area contributed by atoms with Crippen molar-refractivity contribution >= 4 is 0 Å². The monoisotopic (exact) mass is 272 g/mol. The number of rotatable bonds is 2. The van der Waals surface area contributed by atoms with Crippen LogP contribution in [-0.4, -0.2) is 4.57 Å². The summed E-state index contributed by atoms with van der Waals surface area (Å²) in [4.78, 5) is 12.4. The topological polar surface area (TPSA) is 45.8 Å². The molecule has 0 unspecified atom stereocenters. The molecular formula is C18H12N2O. The Morgan fingerprint density at radius 3 is 2.05 bits per heavy atom.